The Morgan fingerprint density at radius 1 is 1.40 bits per heavy atom. The zero-order valence-corrected chi connectivity index (χ0v) is 14.9. The summed E-state index contributed by atoms with van der Waals surface area (Å²) in [5.74, 6) is 2.12. The van der Waals surface area contributed by atoms with Gasteiger partial charge in [-0.25, -0.2) is 4.98 Å². The van der Waals surface area contributed by atoms with Crippen LogP contribution in [0.5, 0.6) is 0 Å². The summed E-state index contributed by atoms with van der Waals surface area (Å²) in [6.07, 6.45) is 6.11. The van der Waals surface area contributed by atoms with Gasteiger partial charge in [0, 0.05) is 32.4 Å². The summed E-state index contributed by atoms with van der Waals surface area (Å²) in [5.41, 5.74) is 0.831. The van der Waals surface area contributed by atoms with Crippen molar-refractivity contribution in [2.75, 3.05) is 18.9 Å². The van der Waals surface area contributed by atoms with E-state index in [1.165, 1.54) is 0 Å². The van der Waals surface area contributed by atoms with Crippen molar-refractivity contribution in [2.45, 2.75) is 51.5 Å². The van der Waals surface area contributed by atoms with E-state index in [9.17, 15) is 4.79 Å². The SMILES string of the molecule is CNc1cncc([C@@H]2CCCN2C(=O)CCc2nnc(C(C)C)o2)n1. The number of carbonyl (C=O) groups is 1. The highest BCUT2D eigenvalue weighted by Gasteiger charge is 2.31. The van der Waals surface area contributed by atoms with Gasteiger partial charge in [0.2, 0.25) is 17.7 Å². The molecule has 1 aliphatic heterocycles. The van der Waals surface area contributed by atoms with E-state index < -0.39 is 0 Å². The molecule has 2 aromatic rings. The number of hydrogen-bond donors (Lipinski definition) is 1. The molecule has 0 spiro atoms. The molecule has 0 saturated carbocycles. The van der Waals surface area contributed by atoms with Crippen molar-refractivity contribution < 1.29 is 9.21 Å². The Labute approximate surface area is 147 Å². The van der Waals surface area contributed by atoms with Crippen molar-refractivity contribution in [3.8, 4) is 0 Å². The maximum Gasteiger partial charge on any atom is 0.223 e. The van der Waals surface area contributed by atoms with E-state index in [4.69, 9.17) is 4.42 Å². The maximum atomic E-state index is 12.7. The first-order valence-electron chi connectivity index (χ1n) is 8.70. The molecule has 3 heterocycles. The summed E-state index contributed by atoms with van der Waals surface area (Å²) in [6, 6.07) is -0.0118. The Bertz CT molecular complexity index is 729. The highest BCUT2D eigenvalue weighted by atomic mass is 16.4. The molecular formula is C17H24N6O2. The van der Waals surface area contributed by atoms with Crippen molar-refractivity contribution >= 4 is 11.7 Å². The Morgan fingerprint density at radius 2 is 2.24 bits per heavy atom. The second kappa shape index (κ2) is 7.58. The van der Waals surface area contributed by atoms with Gasteiger partial charge in [-0.05, 0) is 12.8 Å². The minimum atomic E-state index is -0.0118. The van der Waals surface area contributed by atoms with Crippen LogP contribution in [0, 0.1) is 0 Å². The van der Waals surface area contributed by atoms with E-state index >= 15 is 0 Å². The monoisotopic (exact) mass is 344 g/mol. The molecule has 1 N–H and O–H groups in total. The van der Waals surface area contributed by atoms with Gasteiger partial charge in [0.1, 0.15) is 5.82 Å². The lowest BCUT2D eigenvalue weighted by Crippen LogP contribution is -2.31. The Balaban J connectivity index is 1.63. The van der Waals surface area contributed by atoms with Crippen LogP contribution in [-0.4, -0.2) is 44.6 Å². The number of carbonyl (C=O) groups excluding carboxylic acids is 1. The molecule has 1 amide bonds. The second-order valence-electron chi connectivity index (χ2n) is 6.51. The van der Waals surface area contributed by atoms with Crippen molar-refractivity contribution in [3.05, 3.63) is 29.9 Å². The van der Waals surface area contributed by atoms with Gasteiger partial charge in [0.25, 0.3) is 0 Å². The van der Waals surface area contributed by atoms with Gasteiger partial charge in [0.05, 0.1) is 24.1 Å². The Morgan fingerprint density at radius 3 is 2.96 bits per heavy atom. The molecule has 1 atom stereocenters. The molecule has 0 radical (unpaired) electrons. The third-order valence-electron chi connectivity index (χ3n) is 4.35. The molecule has 3 rings (SSSR count). The minimum absolute atomic E-state index is 0.0118. The molecular weight excluding hydrogens is 320 g/mol. The largest absolute Gasteiger partial charge is 0.425 e. The van der Waals surface area contributed by atoms with Crippen LogP contribution < -0.4 is 5.32 Å². The molecule has 0 bridgehead atoms. The summed E-state index contributed by atoms with van der Waals surface area (Å²) in [4.78, 5) is 23.3. The number of nitrogens with one attached hydrogen (secondary N) is 1. The van der Waals surface area contributed by atoms with Crippen LogP contribution in [0.15, 0.2) is 16.8 Å². The van der Waals surface area contributed by atoms with Gasteiger partial charge in [0.15, 0.2) is 0 Å². The lowest BCUT2D eigenvalue weighted by atomic mass is 10.1. The van der Waals surface area contributed by atoms with Gasteiger partial charge in [-0.1, -0.05) is 13.8 Å². The summed E-state index contributed by atoms with van der Waals surface area (Å²) >= 11 is 0. The molecule has 25 heavy (non-hydrogen) atoms. The number of aromatic nitrogens is 4. The molecule has 1 saturated heterocycles. The third kappa shape index (κ3) is 3.94. The first-order chi connectivity index (χ1) is 12.1. The predicted molar refractivity (Wildman–Crippen MR) is 92.0 cm³/mol. The highest BCUT2D eigenvalue weighted by molar-refractivity contribution is 5.77. The van der Waals surface area contributed by atoms with Gasteiger partial charge in [-0.15, -0.1) is 10.2 Å². The molecule has 8 nitrogen and oxygen atoms in total. The lowest BCUT2D eigenvalue weighted by Gasteiger charge is -2.24. The van der Waals surface area contributed by atoms with Gasteiger partial charge in [-0.3, -0.25) is 9.78 Å². The summed E-state index contributed by atoms with van der Waals surface area (Å²) < 4.78 is 5.58. The van der Waals surface area contributed by atoms with Crippen LogP contribution in [0.1, 0.15) is 62.5 Å². The van der Waals surface area contributed by atoms with E-state index in [-0.39, 0.29) is 17.9 Å². The Hall–Kier alpha value is -2.51. The van der Waals surface area contributed by atoms with Crippen LogP contribution in [0.2, 0.25) is 0 Å². The molecule has 8 heteroatoms. The average molecular weight is 344 g/mol. The number of anilines is 1. The maximum absolute atomic E-state index is 12.7. The van der Waals surface area contributed by atoms with Gasteiger partial charge < -0.3 is 14.6 Å². The number of likely N-dealkylation sites (tertiary alicyclic amines) is 1. The normalized spacial score (nSPS) is 17.3. The average Bonchev–Trinajstić information content (AvgIpc) is 3.29. The van der Waals surface area contributed by atoms with Crippen molar-refractivity contribution in [1.29, 1.82) is 0 Å². The third-order valence-corrected chi connectivity index (χ3v) is 4.35. The van der Waals surface area contributed by atoms with Crippen LogP contribution in [0.3, 0.4) is 0 Å². The van der Waals surface area contributed by atoms with E-state index in [1.807, 2.05) is 18.7 Å². The summed E-state index contributed by atoms with van der Waals surface area (Å²) in [6.45, 7) is 4.74. The fourth-order valence-electron chi connectivity index (χ4n) is 2.99. The highest BCUT2D eigenvalue weighted by Crippen LogP contribution is 2.31. The number of nitrogens with zero attached hydrogens (tertiary/aromatic N) is 5. The smallest absolute Gasteiger partial charge is 0.223 e. The quantitative estimate of drug-likeness (QED) is 0.859. The van der Waals surface area contributed by atoms with E-state index in [2.05, 4.69) is 25.5 Å². The van der Waals surface area contributed by atoms with Gasteiger partial charge >= 0.3 is 0 Å². The zero-order chi connectivity index (χ0) is 17.8. The molecule has 134 valence electrons. The number of rotatable bonds is 6. The fraction of sp³-hybridized carbons (Fsp3) is 0.588. The van der Waals surface area contributed by atoms with Crippen LogP contribution in [-0.2, 0) is 11.2 Å². The molecule has 1 fully saturated rings. The summed E-state index contributed by atoms with van der Waals surface area (Å²) in [7, 11) is 1.81. The number of aryl methyl sites for hydroxylation is 1. The number of hydrogen-bond acceptors (Lipinski definition) is 7. The van der Waals surface area contributed by atoms with Crippen LogP contribution >= 0.6 is 0 Å². The Kier molecular flexibility index (Phi) is 5.25. The fourth-order valence-corrected chi connectivity index (χ4v) is 2.99. The molecule has 1 aliphatic rings. The first-order valence-corrected chi connectivity index (χ1v) is 8.70. The molecule has 2 aromatic heterocycles. The lowest BCUT2D eigenvalue weighted by molar-refractivity contribution is -0.132. The van der Waals surface area contributed by atoms with E-state index in [0.29, 0.717) is 30.4 Å². The van der Waals surface area contributed by atoms with Crippen molar-refractivity contribution in [1.82, 2.24) is 25.1 Å². The van der Waals surface area contributed by atoms with Crippen LogP contribution in [0.25, 0.3) is 0 Å². The predicted octanol–water partition coefficient (Wildman–Crippen LogP) is 2.32. The van der Waals surface area contributed by atoms with E-state index in [1.54, 1.807) is 19.4 Å². The zero-order valence-electron chi connectivity index (χ0n) is 14.9. The first kappa shape index (κ1) is 17.3. The molecule has 0 aromatic carbocycles. The van der Waals surface area contributed by atoms with Crippen LogP contribution in [0.4, 0.5) is 5.82 Å². The van der Waals surface area contributed by atoms with Crippen molar-refractivity contribution in [3.63, 3.8) is 0 Å². The van der Waals surface area contributed by atoms with E-state index in [0.717, 1.165) is 25.1 Å². The second-order valence-corrected chi connectivity index (χ2v) is 6.51. The van der Waals surface area contributed by atoms with Crippen molar-refractivity contribution in [2.24, 2.45) is 0 Å². The summed E-state index contributed by atoms with van der Waals surface area (Å²) in [5, 5.41) is 11.0. The molecule has 0 aliphatic carbocycles. The minimum Gasteiger partial charge on any atom is -0.425 e. The van der Waals surface area contributed by atoms with Gasteiger partial charge in [-0.2, -0.15) is 0 Å². The molecule has 0 unspecified atom stereocenters. The topological polar surface area (TPSA) is 97.0 Å². The number of amides is 1. The standard InChI is InChI=1S/C17H24N6O2/c1-11(2)17-22-21-15(25-17)6-7-16(24)23-8-4-5-13(23)12-9-19-10-14(18-3)20-12/h9-11,13H,4-8H2,1-3H3,(H,18,20)/t13-/m0/s1.